The zero-order chi connectivity index (χ0) is 14.3. The average Bonchev–Trinajstić information content (AvgIpc) is 2.38. The standard InChI is InChI=1S/C15H23NO3/c1-11-6-7-14(10-12(11)2)19-13(3)15(17)16-8-5-9-18-4/h6-7,10,13H,5,8-9H2,1-4H3,(H,16,17)/t13-/m0/s1. The molecule has 0 radical (unpaired) electrons. The SMILES string of the molecule is COCCCNC(=O)[C@H](C)Oc1ccc(C)c(C)c1. The van der Waals surface area contributed by atoms with Gasteiger partial charge in [-0.05, 0) is 50.5 Å². The van der Waals surface area contributed by atoms with Crippen molar-refractivity contribution < 1.29 is 14.3 Å². The van der Waals surface area contributed by atoms with Gasteiger partial charge in [0.15, 0.2) is 6.10 Å². The number of amides is 1. The van der Waals surface area contributed by atoms with Crippen LogP contribution in [0.1, 0.15) is 24.5 Å². The first-order chi connectivity index (χ1) is 9.04. The molecule has 1 aromatic carbocycles. The lowest BCUT2D eigenvalue weighted by atomic mass is 10.1. The molecule has 1 atom stereocenters. The highest BCUT2D eigenvalue weighted by atomic mass is 16.5. The van der Waals surface area contributed by atoms with Crippen LogP contribution in [0.25, 0.3) is 0 Å². The first kappa shape index (κ1) is 15.5. The maximum Gasteiger partial charge on any atom is 0.260 e. The van der Waals surface area contributed by atoms with Crippen LogP contribution in [-0.4, -0.2) is 32.3 Å². The maximum absolute atomic E-state index is 11.8. The number of nitrogens with one attached hydrogen (secondary N) is 1. The van der Waals surface area contributed by atoms with Gasteiger partial charge in [0.25, 0.3) is 5.91 Å². The molecule has 1 amide bonds. The van der Waals surface area contributed by atoms with Gasteiger partial charge >= 0.3 is 0 Å². The van der Waals surface area contributed by atoms with Crippen LogP contribution in [-0.2, 0) is 9.53 Å². The fourth-order valence-corrected chi connectivity index (χ4v) is 1.62. The number of carbonyl (C=O) groups excluding carboxylic acids is 1. The number of benzene rings is 1. The topological polar surface area (TPSA) is 47.6 Å². The molecule has 4 nitrogen and oxygen atoms in total. The van der Waals surface area contributed by atoms with Crippen molar-refractivity contribution in [3.63, 3.8) is 0 Å². The van der Waals surface area contributed by atoms with E-state index in [4.69, 9.17) is 9.47 Å². The molecule has 0 heterocycles. The Labute approximate surface area is 115 Å². The van der Waals surface area contributed by atoms with E-state index >= 15 is 0 Å². The van der Waals surface area contributed by atoms with Crippen LogP contribution in [0, 0.1) is 13.8 Å². The Balaban J connectivity index is 2.42. The second-order valence-electron chi connectivity index (χ2n) is 4.64. The van der Waals surface area contributed by atoms with Gasteiger partial charge in [0.2, 0.25) is 0 Å². The molecule has 0 aliphatic carbocycles. The van der Waals surface area contributed by atoms with E-state index < -0.39 is 6.10 Å². The molecule has 0 aliphatic heterocycles. The van der Waals surface area contributed by atoms with Gasteiger partial charge in [-0.3, -0.25) is 4.79 Å². The average molecular weight is 265 g/mol. The van der Waals surface area contributed by atoms with E-state index in [-0.39, 0.29) is 5.91 Å². The lowest BCUT2D eigenvalue weighted by Crippen LogP contribution is -2.37. The van der Waals surface area contributed by atoms with Crippen molar-refractivity contribution in [3.8, 4) is 5.75 Å². The quantitative estimate of drug-likeness (QED) is 0.769. The van der Waals surface area contributed by atoms with Crippen LogP contribution in [0.2, 0.25) is 0 Å². The molecular weight excluding hydrogens is 242 g/mol. The van der Waals surface area contributed by atoms with Crippen molar-refractivity contribution in [1.82, 2.24) is 5.32 Å². The van der Waals surface area contributed by atoms with Crippen molar-refractivity contribution >= 4 is 5.91 Å². The zero-order valence-corrected chi connectivity index (χ0v) is 12.2. The first-order valence-corrected chi connectivity index (χ1v) is 6.55. The van der Waals surface area contributed by atoms with Gasteiger partial charge in [-0.2, -0.15) is 0 Å². The number of rotatable bonds is 7. The van der Waals surface area contributed by atoms with Gasteiger partial charge in [0.05, 0.1) is 0 Å². The molecule has 0 aromatic heterocycles. The Kier molecular flexibility index (Phi) is 6.36. The molecular formula is C15H23NO3. The summed E-state index contributed by atoms with van der Waals surface area (Å²) in [7, 11) is 1.65. The van der Waals surface area contributed by atoms with Crippen molar-refractivity contribution in [3.05, 3.63) is 29.3 Å². The molecule has 0 saturated carbocycles. The fraction of sp³-hybridized carbons (Fsp3) is 0.533. The van der Waals surface area contributed by atoms with Crippen LogP contribution in [0.3, 0.4) is 0 Å². The summed E-state index contributed by atoms with van der Waals surface area (Å²) in [5, 5.41) is 2.82. The van der Waals surface area contributed by atoms with Crippen LogP contribution < -0.4 is 10.1 Å². The minimum Gasteiger partial charge on any atom is -0.481 e. The van der Waals surface area contributed by atoms with E-state index in [9.17, 15) is 4.79 Å². The summed E-state index contributed by atoms with van der Waals surface area (Å²) in [5.41, 5.74) is 2.37. The maximum atomic E-state index is 11.8. The van der Waals surface area contributed by atoms with Gasteiger partial charge in [0.1, 0.15) is 5.75 Å². The molecule has 1 N–H and O–H groups in total. The Morgan fingerprint density at radius 1 is 1.32 bits per heavy atom. The number of carbonyl (C=O) groups is 1. The Morgan fingerprint density at radius 2 is 2.05 bits per heavy atom. The number of methoxy groups -OCH3 is 1. The predicted molar refractivity (Wildman–Crippen MR) is 75.5 cm³/mol. The minimum atomic E-state index is -0.496. The third-order valence-corrected chi connectivity index (χ3v) is 2.98. The lowest BCUT2D eigenvalue weighted by Gasteiger charge is -2.15. The zero-order valence-electron chi connectivity index (χ0n) is 12.2. The first-order valence-electron chi connectivity index (χ1n) is 6.55. The van der Waals surface area contributed by atoms with Crippen molar-refractivity contribution in [2.24, 2.45) is 0 Å². The van der Waals surface area contributed by atoms with E-state index in [1.807, 2.05) is 32.0 Å². The summed E-state index contributed by atoms with van der Waals surface area (Å²) in [6.07, 6.45) is 0.308. The van der Waals surface area contributed by atoms with Gasteiger partial charge in [-0.15, -0.1) is 0 Å². The van der Waals surface area contributed by atoms with E-state index in [1.165, 1.54) is 5.56 Å². The summed E-state index contributed by atoms with van der Waals surface area (Å²) in [4.78, 5) is 11.8. The largest absolute Gasteiger partial charge is 0.481 e. The highest BCUT2D eigenvalue weighted by Crippen LogP contribution is 2.17. The second kappa shape index (κ2) is 7.79. The number of hydrogen-bond donors (Lipinski definition) is 1. The third kappa shape index (κ3) is 5.30. The molecule has 0 bridgehead atoms. The lowest BCUT2D eigenvalue weighted by molar-refractivity contribution is -0.127. The Bertz CT molecular complexity index is 418. The molecule has 106 valence electrons. The Morgan fingerprint density at radius 3 is 2.68 bits per heavy atom. The number of aryl methyl sites for hydroxylation is 2. The molecule has 0 aliphatic rings. The molecule has 1 aromatic rings. The van der Waals surface area contributed by atoms with Crippen molar-refractivity contribution in [2.75, 3.05) is 20.3 Å². The normalized spacial score (nSPS) is 12.0. The molecule has 0 spiro atoms. The van der Waals surface area contributed by atoms with Gasteiger partial charge < -0.3 is 14.8 Å². The number of ether oxygens (including phenoxy) is 2. The minimum absolute atomic E-state index is 0.102. The van der Waals surface area contributed by atoms with Crippen LogP contribution >= 0.6 is 0 Å². The number of hydrogen-bond acceptors (Lipinski definition) is 3. The van der Waals surface area contributed by atoms with Crippen LogP contribution in [0.4, 0.5) is 0 Å². The molecule has 4 heteroatoms. The van der Waals surface area contributed by atoms with E-state index in [0.29, 0.717) is 13.2 Å². The highest BCUT2D eigenvalue weighted by molar-refractivity contribution is 5.80. The van der Waals surface area contributed by atoms with Gasteiger partial charge in [-0.25, -0.2) is 0 Å². The molecule has 0 fully saturated rings. The second-order valence-corrected chi connectivity index (χ2v) is 4.64. The molecule has 0 unspecified atom stereocenters. The summed E-state index contributed by atoms with van der Waals surface area (Å²) in [6, 6.07) is 5.83. The third-order valence-electron chi connectivity index (χ3n) is 2.98. The highest BCUT2D eigenvalue weighted by Gasteiger charge is 2.14. The summed E-state index contributed by atoms with van der Waals surface area (Å²) >= 11 is 0. The smallest absolute Gasteiger partial charge is 0.260 e. The Hall–Kier alpha value is -1.55. The van der Waals surface area contributed by atoms with Gasteiger partial charge in [0, 0.05) is 20.3 Å². The predicted octanol–water partition coefficient (Wildman–Crippen LogP) is 2.22. The van der Waals surface area contributed by atoms with E-state index in [0.717, 1.165) is 17.7 Å². The molecule has 0 saturated heterocycles. The van der Waals surface area contributed by atoms with Gasteiger partial charge in [-0.1, -0.05) is 6.07 Å². The fourth-order valence-electron chi connectivity index (χ4n) is 1.62. The van der Waals surface area contributed by atoms with Crippen molar-refractivity contribution in [1.29, 1.82) is 0 Å². The summed E-state index contributed by atoms with van der Waals surface area (Å²) in [5.74, 6) is 0.622. The monoisotopic (exact) mass is 265 g/mol. The van der Waals surface area contributed by atoms with E-state index in [2.05, 4.69) is 5.32 Å². The van der Waals surface area contributed by atoms with E-state index in [1.54, 1.807) is 14.0 Å². The van der Waals surface area contributed by atoms with Crippen LogP contribution in [0.15, 0.2) is 18.2 Å². The molecule has 19 heavy (non-hydrogen) atoms. The van der Waals surface area contributed by atoms with Crippen molar-refractivity contribution in [2.45, 2.75) is 33.3 Å². The van der Waals surface area contributed by atoms with Crippen LogP contribution in [0.5, 0.6) is 5.75 Å². The summed E-state index contributed by atoms with van der Waals surface area (Å²) < 4.78 is 10.5. The molecule has 1 rings (SSSR count). The summed E-state index contributed by atoms with van der Waals surface area (Å²) in [6.45, 7) is 7.07.